The van der Waals surface area contributed by atoms with Crippen LogP contribution >= 0.6 is 0 Å². The van der Waals surface area contributed by atoms with E-state index in [4.69, 9.17) is 0 Å². The average molecular weight is 324 g/mol. The zero-order valence-corrected chi connectivity index (χ0v) is 12.0. The van der Waals surface area contributed by atoms with E-state index < -0.39 is 22.6 Å². The van der Waals surface area contributed by atoms with Gasteiger partial charge in [0.1, 0.15) is 0 Å². The summed E-state index contributed by atoms with van der Waals surface area (Å²) < 4.78 is 62.4. The molecule has 0 aliphatic carbocycles. The van der Waals surface area contributed by atoms with Crippen molar-refractivity contribution in [3.8, 4) is 0 Å². The van der Waals surface area contributed by atoms with Gasteiger partial charge in [0.2, 0.25) is 15.9 Å². The molecule has 0 aliphatic heterocycles. The van der Waals surface area contributed by atoms with Gasteiger partial charge < -0.3 is 5.32 Å². The van der Waals surface area contributed by atoms with E-state index in [2.05, 4.69) is 10.0 Å². The van der Waals surface area contributed by atoms with Gasteiger partial charge in [0.25, 0.3) is 0 Å². The molecule has 0 aromatic heterocycles. The van der Waals surface area contributed by atoms with Gasteiger partial charge in [-0.05, 0) is 17.7 Å². The number of nitrogens with one attached hydrogen (secondary N) is 2. The quantitative estimate of drug-likeness (QED) is 0.826. The lowest BCUT2D eigenvalue weighted by Gasteiger charge is -2.09. The van der Waals surface area contributed by atoms with Gasteiger partial charge in [-0.1, -0.05) is 12.1 Å². The largest absolute Gasteiger partial charge is 0.393 e. The molecule has 0 spiro atoms. The zero-order chi connectivity index (χ0) is 16.1. The number of benzene rings is 1. The molecule has 1 amide bonds. The van der Waals surface area contributed by atoms with Crippen LogP contribution in [0.5, 0.6) is 0 Å². The predicted molar refractivity (Wildman–Crippen MR) is 70.1 cm³/mol. The van der Waals surface area contributed by atoms with Crippen molar-refractivity contribution in [2.24, 2.45) is 0 Å². The van der Waals surface area contributed by atoms with Gasteiger partial charge in [0.15, 0.2) is 0 Å². The van der Waals surface area contributed by atoms with Gasteiger partial charge in [-0.25, -0.2) is 13.1 Å². The number of carbonyl (C=O) groups excluding carboxylic acids is 1. The maximum atomic E-state index is 12.2. The fourth-order valence-corrected chi connectivity index (χ4v) is 2.56. The highest BCUT2D eigenvalue weighted by molar-refractivity contribution is 7.89. The number of carbonyl (C=O) groups is 1. The van der Waals surface area contributed by atoms with E-state index in [0.717, 1.165) is 24.3 Å². The average Bonchev–Trinajstić information content (AvgIpc) is 2.37. The molecule has 2 N–H and O–H groups in total. The Morgan fingerprint density at radius 2 is 1.76 bits per heavy atom. The van der Waals surface area contributed by atoms with Crippen LogP contribution in [0.2, 0.25) is 0 Å². The molecule has 5 nitrogen and oxygen atoms in total. The second-order valence-corrected chi connectivity index (χ2v) is 6.02. The molecule has 0 radical (unpaired) electrons. The predicted octanol–water partition coefficient (Wildman–Crippen LogP) is 1.21. The Bertz CT molecular complexity index is 583. The van der Waals surface area contributed by atoms with E-state index in [1.807, 2.05) is 0 Å². The van der Waals surface area contributed by atoms with Gasteiger partial charge in [0, 0.05) is 20.0 Å². The van der Waals surface area contributed by atoms with Crippen molar-refractivity contribution in [3.05, 3.63) is 29.8 Å². The molecule has 1 aromatic carbocycles. The first-order chi connectivity index (χ1) is 9.64. The lowest BCUT2D eigenvalue weighted by atomic mass is 10.1. The van der Waals surface area contributed by atoms with E-state index in [-0.39, 0.29) is 29.3 Å². The molecule has 9 heteroatoms. The lowest BCUT2D eigenvalue weighted by molar-refractivity contribution is -0.127. The van der Waals surface area contributed by atoms with Crippen molar-refractivity contribution in [2.45, 2.75) is 23.9 Å². The molecule has 0 aliphatic rings. The van der Waals surface area contributed by atoms with Gasteiger partial charge >= 0.3 is 6.18 Å². The number of alkyl halides is 3. The lowest BCUT2D eigenvalue weighted by Crippen LogP contribution is -2.29. The zero-order valence-electron chi connectivity index (χ0n) is 11.2. The van der Waals surface area contributed by atoms with Gasteiger partial charge in [-0.2, -0.15) is 13.2 Å². The number of sulfonamides is 1. The molecule has 0 saturated heterocycles. The summed E-state index contributed by atoms with van der Waals surface area (Å²) in [6.45, 7) is -0.0910. The second-order valence-electron chi connectivity index (χ2n) is 4.26. The van der Waals surface area contributed by atoms with Crippen LogP contribution in [0.15, 0.2) is 29.2 Å². The molecule has 0 bridgehead atoms. The fraction of sp³-hybridized carbons (Fsp3) is 0.417. The van der Waals surface area contributed by atoms with Gasteiger partial charge in [-0.3, -0.25) is 4.79 Å². The van der Waals surface area contributed by atoms with Crippen molar-refractivity contribution in [3.63, 3.8) is 0 Å². The Morgan fingerprint density at radius 1 is 1.19 bits per heavy atom. The topological polar surface area (TPSA) is 75.3 Å². The first kappa shape index (κ1) is 17.4. The summed E-state index contributed by atoms with van der Waals surface area (Å²) in [6.07, 6.45) is -5.48. The smallest absolute Gasteiger partial charge is 0.359 e. The molecule has 0 atom stereocenters. The fourth-order valence-electron chi connectivity index (χ4n) is 1.53. The Balaban J connectivity index is 2.69. The summed E-state index contributed by atoms with van der Waals surface area (Å²) in [6, 6.07) is 4.42. The van der Waals surface area contributed by atoms with Crippen LogP contribution < -0.4 is 10.0 Å². The molecule has 1 rings (SSSR count). The third-order valence-corrected chi connectivity index (χ3v) is 4.04. The molecule has 0 saturated carbocycles. The van der Waals surface area contributed by atoms with Crippen LogP contribution in [0.3, 0.4) is 0 Å². The van der Waals surface area contributed by atoms with E-state index in [1.165, 1.54) is 7.05 Å². The maximum Gasteiger partial charge on any atom is 0.393 e. The molecule has 0 fully saturated rings. The first-order valence-corrected chi connectivity index (χ1v) is 7.48. The van der Waals surface area contributed by atoms with Crippen molar-refractivity contribution in [1.82, 2.24) is 10.0 Å². The second kappa shape index (κ2) is 6.90. The van der Waals surface area contributed by atoms with Crippen molar-refractivity contribution in [2.75, 3.05) is 13.6 Å². The summed E-state index contributed by atoms with van der Waals surface area (Å²) in [7, 11) is -2.41. The van der Waals surface area contributed by atoms with E-state index in [1.54, 1.807) is 0 Å². The Morgan fingerprint density at radius 3 is 2.24 bits per heavy atom. The van der Waals surface area contributed by atoms with E-state index in [9.17, 15) is 26.4 Å². The Kier molecular flexibility index (Phi) is 5.73. The van der Waals surface area contributed by atoms with Crippen LogP contribution in [-0.2, 0) is 21.2 Å². The number of halogens is 3. The molecule has 0 heterocycles. The SMILES string of the molecule is CNC(=O)CCNS(=O)(=O)c1ccc(CC(F)(F)F)cc1. The van der Waals surface area contributed by atoms with Crippen molar-refractivity contribution >= 4 is 15.9 Å². The summed E-state index contributed by atoms with van der Waals surface area (Å²) in [5.41, 5.74) is -0.0215. The third kappa shape index (κ3) is 6.13. The van der Waals surface area contributed by atoms with Crippen molar-refractivity contribution in [1.29, 1.82) is 0 Å². The standard InChI is InChI=1S/C12H15F3N2O3S/c1-16-11(18)6-7-17-21(19,20)10-4-2-9(3-5-10)8-12(13,14)15/h2-5,17H,6-8H2,1H3,(H,16,18). The van der Waals surface area contributed by atoms with Crippen LogP contribution in [-0.4, -0.2) is 34.1 Å². The van der Waals surface area contributed by atoms with E-state index >= 15 is 0 Å². The van der Waals surface area contributed by atoms with E-state index in [0.29, 0.717) is 0 Å². The number of amides is 1. The Labute approximate surface area is 120 Å². The number of hydrogen-bond donors (Lipinski definition) is 2. The minimum Gasteiger partial charge on any atom is -0.359 e. The summed E-state index contributed by atoms with van der Waals surface area (Å²) in [5.74, 6) is -0.321. The monoisotopic (exact) mass is 324 g/mol. The molecule has 21 heavy (non-hydrogen) atoms. The minimum atomic E-state index is -4.34. The summed E-state index contributed by atoms with van der Waals surface area (Å²) >= 11 is 0. The molecule has 118 valence electrons. The van der Waals surface area contributed by atoms with Crippen LogP contribution in [0, 0.1) is 0 Å². The highest BCUT2D eigenvalue weighted by Gasteiger charge is 2.27. The minimum absolute atomic E-state index is 0.0215. The van der Waals surface area contributed by atoms with Gasteiger partial charge in [-0.15, -0.1) is 0 Å². The highest BCUT2D eigenvalue weighted by Crippen LogP contribution is 2.22. The molecule has 0 unspecified atom stereocenters. The van der Waals surface area contributed by atoms with Crippen LogP contribution in [0.1, 0.15) is 12.0 Å². The van der Waals surface area contributed by atoms with Crippen LogP contribution in [0.25, 0.3) is 0 Å². The Hall–Kier alpha value is -1.61. The third-order valence-electron chi connectivity index (χ3n) is 2.56. The molecular formula is C12H15F3N2O3S. The normalized spacial score (nSPS) is 12.2. The molecule has 1 aromatic rings. The summed E-state index contributed by atoms with van der Waals surface area (Å²) in [4.78, 5) is 10.8. The molecular weight excluding hydrogens is 309 g/mol. The highest BCUT2D eigenvalue weighted by atomic mass is 32.2. The first-order valence-electron chi connectivity index (χ1n) is 6.00. The van der Waals surface area contributed by atoms with Crippen LogP contribution in [0.4, 0.5) is 13.2 Å². The van der Waals surface area contributed by atoms with Crippen molar-refractivity contribution < 1.29 is 26.4 Å². The summed E-state index contributed by atoms with van der Waals surface area (Å²) in [5, 5.41) is 2.34. The number of rotatable bonds is 6. The maximum absolute atomic E-state index is 12.2. The van der Waals surface area contributed by atoms with Gasteiger partial charge in [0.05, 0.1) is 11.3 Å². The number of hydrogen-bond acceptors (Lipinski definition) is 3.